The molecule has 0 aliphatic carbocycles. The van der Waals surface area contributed by atoms with Crippen LogP contribution in [0.4, 0.5) is 28.9 Å². The van der Waals surface area contributed by atoms with Crippen molar-refractivity contribution >= 4 is 21.4 Å². The SMILES string of the molecule is Nc1ccc(NS(=O)(=O)c2ccc(F)cc2)cc1C(F)(F)F. The lowest BCUT2D eigenvalue weighted by molar-refractivity contribution is -0.136. The van der Waals surface area contributed by atoms with Crippen LogP contribution in [0.5, 0.6) is 0 Å². The molecule has 0 aliphatic heterocycles. The Balaban J connectivity index is 2.36. The van der Waals surface area contributed by atoms with Gasteiger partial charge in [0.1, 0.15) is 5.82 Å². The van der Waals surface area contributed by atoms with Crippen LogP contribution in [-0.2, 0) is 16.2 Å². The molecular weight excluding hydrogens is 324 g/mol. The van der Waals surface area contributed by atoms with Gasteiger partial charge in [-0.15, -0.1) is 0 Å². The fourth-order valence-corrected chi connectivity index (χ4v) is 2.74. The first-order valence-corrected chi connectivity index (χ1v) is 7.33. The largest absolute Gasteiger partial charge is 0.418 e. The molecule has 0 heterocycles. The fourth-order valence-electron chi connectivity index (χ4n) is 1.69. The van der Waals surface area contributed by atoms with Gasteiger partial charge in [-0.3, -0.25) is 4.72 Å². The summed E-state index contributed by atoms with van der Waals surface area (Å²) in [7, 11) is -4.13. The summed E-state index contributed by atoms with van der Waals surface area (Å²) in [5.41, 5.74) is 3.27. The molecule has 2 aromatic carbocycles. The third kappa shape index (κ3) is 3.48. The molecule has 3 N–H and O–H groups in total. The van der Waals surface area contributed by atoms with E-state index in [2.05, 4.69) is 0 Å². The predicted molar refractivity (Wildman–Crippen MR) is 73.1 cm³/mol. The van der Waals surface area contributed by atoms with Crippen molar-refractivity contribution in [3.8, 4) is 0 Å². The summed E-state index contributed by atoms with van der Waals surface area (Å²) in [6, 6.07) is 6.50. The van der Waals surface area contributed by atoms with E-state index in [-0.39, 0.29) is 10.6 Å². The summed E-state index contributed by atoms with van der Waals surface area (Å²) < 4.78 is 77.0. The Kier molecular flexibility index (Phi) is 4.01. The van der Waals surface area contributed by atoms with Gasteiger partial charge < -0.3 is 5.73 Å². The lowest BCUT2D eigenvalue weighted by Gasteiger charge is -2.13. The highest BCUT2D eigenvalue weighted by Gasteiger charge is 2.33. The summed E-state index contributed by atoms with van der Waals surface area (Å²) in [5, 5.41) is 0. The molecule has 9 heteroatoms. The molecule has 0 saturated heterocycles. The first kappa shape index (κ1) is 16.1. The molecule has 0 aliphatic rings. The number of halogens is 4. The lowest BCUT2D eigenvalue weighted by Crippen LogP contribution is -2.15. The van der Waals surface area contributed by atoms with Crippen molar-refractivity contribution in [1.29, 1.82) is 0 Å². The molecule has 0 bridgehead atoms. The standard InChI is InChI=1S/C13H10F4N2O2S/c14-8-1-4-10(5-2-8)22(20,21)19-9-3-6-12(18)11(7-9)13(15,16)17/h1-7,19H,18H2. The maximum Gasteiger partial charge on any atom is 0.418 e. The molecule has 22 heavy (non-hydrogen) atoms. The number of benzene rings is 2. The topological polar surface area (TPSA) is 72.2 Å². The van der Waals surface area contributed by atoms with E-state index in [0.29, 0.717) is 6.07 Å². The number of nitrogen functional groups attached to an aromatic ring is 1. The number of anilines is 2. The number of hydrogen-bond donors (Lipinski definition) is 2. The Morgan fingerprint density at radius 2 is 1.59 bits per heavy atom. The zero-order chi connectivity index (χ0) is 16.5. The van der Waals surface area contributed by atoms with E-state index in [4.69, 9.17) is 5.73 Å². The van der Waals surface area contributed by atoms with Crippen molar-refractivity contribution in [2.24, 2.45) is 0 Å². The van der Waals surface area contributed by atoms with E-state index >= 15 is 0 Å². The van der Waals surface area contributed by atoms with E-state index < -0.39 is 33.3 Å². The van der Waals surface area contributed by atoms with Crippen molar-refractivity contribution in [1.82, 2.24) is 0 Å². The fraction of sp³-hybridized carbons (Fsp3) is 0.0769. The van der Waals surface area contributed by atoms with Gasteiger partial charge in [-0.1, -0.05) is 0 Å². The Hall–Kier alpha value is -2.29. The van der Waals surface area contributed by atoms with Crippen LogP contribution < -0.4 is 10.5 Å². The van der Waals surface area contributed by atoms with Crippen molar-refractivity contribution in [2.75, 3.05) is 10.5 Å². The van der Waals surface area contributed by atoms with E-state index in [0.717, 1.165) is 36.4 Å². The highest BCUT2D eigenvalue weighted by atomic mass is 32.2. The zero-order valence-electron chi connectivity index (χ0n) is 10.9. The minimum atomic E-state index is -4.71. The van der Waals surface area contributed by atoms with Crippen molar-refractivity contribution in [2.45, 2.75) is 11.1 Å². The summed E-state index contributed by atoms with van der Waals surface area (Å²) in [4.78, 5) is -0.278. The van der Waals surface area contributed by atoms with Gasteiger partial charge in [-0.25, -0.2) is 12.8 Å². The average molecular weight is 334 g/mol. The summed E-state index contributed by atoms with van der Waals surface area (Å²) in [6.45, 7) is 0. The number of alkyl halides is 3. The quantitative estimate of drug-likeness (QED) is 0.669. The van der Waals surface area contributed by atoms with Crippen LogP contribution in [0.15, 0.2) is 47.4 Å². The van der Waals surface area contributed by atoms with Gasteiger partial charge in [-0.05, 0) is 42.5 Å². The monoisotopic (exact) mass is 334 g/mol. The van der Waals surface area contributed by atoms with Crippen LogP contribution in [0.25, 0.3) is 0 Å². The summed E-state index contributed by atoms with van der Waals surface area (Å²) >= 11 is 0. The summed E-state index contributed by atoms with van der Waals surface area (Å²) in [5.74, 6) is -0.634. The normalized spacial score (nSPS) is 12.2. The second kappa shape index (κ2) is 5.48. The zero-order valence-corrected chi connectivity index (χ0v) is 11.7. The molecule has 0 aromatic heterocycles. The maximum atomic E-state index is 12.8. The van der Waals surface area contributed by atoms with E-state index in [1.165, 1.54) is 0 Å². The lowest BCUT2D eigenvalue weighted by atomic mass is 10.1. The Labute approximate surface area is 123 Å². The first-order valence-electron chi connectivity index (χ1n) is 5.85. The van der Waals surface area contributed by atoms with Gasteiger partial charge in [0.2, 0.25) is 0 Å². The molecule has 0 radical (unpaired) electrons. The van der Waals surface area contributed by atoms with E-state index in [1.54, 1.807) is 0 Å². The third-order valence-electron chi connectivity index (χ3n) is 2.73. The molecule has 0 atom stereocenters. The first-order chi connectivity index (χ1) is 10.1. The highest BCUT2D eigenvalue weighted by molar-refractivity contribution is 7.92. The van der Waals surface area contributed by atoms with Gasteiger partial charge in [0, 0.05) is 11.4 Å². The van der Waals surface area contributed by atoms with Crippen molar-refractivity contribution < 1.29 is 26.0 Å². The third-order valence-corrected chi connectivity index (χ3v) is 4.13. The van der Waals surface area contributed by atoms with Crippen molar-refractivity contribution in [3.63, 3.8) is 0 Å². The number of rotatable bonds is 3. The van der Waals surface area contributed by atoms with Crippen LogP contribution in [0.2, 0.25) is 0 Å². The molecule has 0 saturated carbocycles. The molecular formula is C13H10F4N2O2S. The molecule has 2 rings (SSSR count). The molecule has 2 aromatic rings. The van der Waals surface area contributed by atoms with Crippen LogP contribution >= 0.6 is 0 Å². The minimum Gasteiger partial charge on any atom is -0.398 e. The highest BCUT2D eigenvalue weighted by Crippen LogP contribution is 2.35. The Morgan fingerprint density at radius 3 is 2.14 bits per heavy atom. The van der Waals surface area contributed by atoms with Gasteiger partial charge >= 0.3 is 6.18 Å². The molecule has 0 fully saturated rings. The Morgan fingerprint density at radius 1 is 1.00 bits per heavy atom. The molecule has 0 amide bonds. The van der Waals surface area contributed by atoms with Crippen LogP contribution in [-0.4, -0.2) is 8.42 Å². The Bertz CT molecular complexity index is 787. The number of nitrogens with two attached hydrogens (primary N) is 1. The smallest absolute Gasteiger partial charge is 0.398 e. The minimum absolute atomic E-state index is 0.278. The predicted octanol–water partition coefficient (Wildman–Crippen LogP) is 3.23. The number of nitrogens with one attached hydrogen (secondary N) is 1. The number of hydrogen-bond acceptors (Lipinski definition) is 3. The van der Waals surface area contributed by atoms with Crippen LogP contribution in [0, 0.1) is 5.82 Å². The average Bonchev–Trinajstić information content (AvgIpc) is 2.40. The number of sulfonamides is 1. The molecule has 4 nitrogen and oxygen atoms in total. The van der Waals surface area contributed by atoms with Crippen LogP contribution in [0.1, 0.15) is 5.56 Å². The second-order valence-corrected chi connectivity index (χ2v) is 6.04. The van der Waals surface area contributed by atoms with E-state index in [9.17, 15) is 26.0 Å². The molecule has 0 unspecified atom stereocenters. The van der Waals surface area contributed by atoms with Crippen LogP contribution in [0.3, 0.4) is 0 Å². The van der Waals surface area contributed by atoms with Gasteiger partial charge in [0.15, 0.2) is 0 Å². The van der Waals surface area contributed by atoms with Gasteiger partial charge in [0.25, 0.3) is 10.0 Å². The maximum absolute atomic E-state index is 12.8. The van der Waals surface area contributed by atoms with Crippen molar-refractivity contribution in [3.05, 3.63) is 53.8 Å². The van der Waals surface area contributed by atoms with Gasteiger partial charge in [0.05, 0.1) is 10.5 Å². The summed E-state index contributed by atoms with van der Waals surface area (Å²) in [6.07, 6.45) is -4.71. The van der Waals surface area contributed by atoms with Gasteiger partial charge in [-0.2, -0.15) is 13.2 Å². The molecule has 118 valence electrons. The second-order valence-electron chi connectivity index (χ2n) is 4.36. The molecule has 0 spiro atoms. The van der Waals surface area contributed by atoms with E-state index in [1.807, 2.05) is 4.72 Å².